The topological polar surface area (TPSA) is 34.1 Å². The predicted octanol–water partition coefficient (Wildman–Crippen LogP) is 15.7. The molecule has 75 heavy (non-hydrogen) atoms. The van der Waals surface area contributed by atoms with Gasteiger partial charge in [0.05, 0.1) is 0 Å². The summed E-state index contributed by atoms with van der Waals surface area (Å²) in [4.78, 5) is 30.0. The van der Waals surface area contributed by atoms with E-state index in [1.807, 2.05) is 72.8 Å². The maximum atomic E-state index is 16.9. The van der Waals surface area contributed by atoms with Crippen LogP contribution in [0.3, 0.4) is 0 Å². The van der Waals surface area contributed by atoms with E-state index in [4.69, 9.17) is 0 Å². The summed E-state index contributed by atoms with van der Waals surface area (Å²) in [5, 5.41) is 0.882. The smallest absolute Gasteiger partial charge is 0.289 e. The van der Waals surface area contributed by atoms with Crippen LogP contribution in [0.5, 0.6) is 0 Å². The molecule has 9 aromatic rings. The van der Waals surface area contributed by atoms with Crippen molar-refractivity contribution in [3.8, 4) is 0 Å². The van der Waals surface area contributed by atoms with Crippen LogP contribution >= 0.6 is 9.24 Å². The van der Waals surface area contributed by atoms with Crippen LogP contribution in [0.4, 0.5) is 26.3 Å². The molecule has 0 saturated carbocycles. The molecule has 0 fully saturated rings. The Kier molecular flexibility index (Phi) is 12.7. The first-order valence-electron chi connectivity index (χ1n) is 24.0. The second kappa shape index (κ2) is 19.6. The van der Waals surface area contributed by atoms with E-state index in [2.05, 4.69) is 9.24 Å². The number of Topliss-reactive ketones (excluding diaryl/α,β-unsaturated/α-hetero) is 2. The van der Waals surface area contributed by atoms with Gasteiger partial charge in [0, 0.05) is 44.6 Å². The molecule has 2 aliphatic carbocycles. The average Bonchev–Trinajstić information content (AvgIpc) is 3.92. The van der Waals surface area contributed by atoms with Gasteiger partial charge in [0.2, 0.25) is 0 Å². The number of carbonyl (C=O) groups is 2. The highest BCUT2D eigenvalue weighted by Crippen LogP contribution is 2.55. The van der Waals surface area contributed by atoms with Gasteiger partial charge in [-0.3, -0.25) is 9.59 Å². The molecule has 0 aromatic heterocycles. The number of rotatable bonds is 11. The molecule has 2 atom stereocenters. The first kappa shape index (κ1) is 48.6. The Bertz CT molecular complexity index is 3560. The molecule has 2 aliphatic rings. The lowest BCUT2D eigenvalue weighted by Gasteiger charge is -2.38. The number of ketones is 2. The summed E-state index contributed by atoms with van der Waals surface area (Å²) in [5.41, 5.74) is 4.16. The Hall–Kier alpha value is -8.71. The van der Waals surface area contributed by atoms with Crippen LogP contribution in [0.1, 0.15) is 61.2 Å². The van der Waals surface area contributed by atoms with Crippen molar-refractivity contribution >= 4 is 70.7 Å². The first-order valence-corrected chi connectivity index (χ1v) is 24.6. The lowest BCUT2D eigenvalue weighted by atomic mass is 9.68. The third-order valence-electron chi connectivity index (χ3n) is 14.0. The number of benzene rings is 9. The Morgan fingerprint density at radius 3 is 0.787 bits per heavy atom. The number of halogens is 6. The van der Waals surface area contributed by atoms with E-state index >= 15 is 18.0 Å². The molecule has 0 aliphatic heterocycles. The third-order valence-corrected chi connectivity index (χ3v) is 14.4. The molecule has 364 valence electrons. The molecule has 0 bridgehead atoms. The van der Waals surface area contributed by atoms with Gasteiger partial charge in [-0.2, -0.15) is 13.2 Å². The zero-order valence-electron chi connectivity index (χ0n) is 39.7. The van der Waals surface area contributed by atoms with Gasteiger partial charge in [-0.1, -0.05) is 200 Å². The molecular weight excluding hydrogens is 970 g/mol. The number of hydrogen-bond acceptors (Lipinski definition) is 2. The highest BCUT2D eigenvalue weighted by atomic mass is 31.0. The molecule has 11 rings (SSSR count). The minimum atomic E-state index is -4.96. The zero-order valence-corrected chi connectivity index (χ0v) is 40.8. The fourth-order valence-corrected chi connectivity index (χ4v) is 10.8. The molecule has 0 spiro atoms. The Labute approximate surface area is 431 Å². The van der Waals surface area contributed by atoms with E-state index in [0.29, 0.717) is 77.9 Å². The van der Waals surface area contributed by atoms with Crippen molar-refractivity contribution in [2.24, 2.45) is 0 Å². The average molecular weight is 1010 g/mol. The summed E-state index contributed by atoms with van der Waals surface area (Å²) < 4.78 is 93.8. The summed E-state index contributed by atoms with van der Waals surface area (Å²) in [6.45, 7) is 0. The fraction of sp³-hybridized carbons (Fsp3) is 0.0303. The quantitative estimate of drug-likeness (QED) is 0.0735. The lowest BCUT2D eigenvalue weighted by molar-refractivity contribution is -0.166. The standard InChI is InChI=1S/C66H41F6O2P/c67-51-32-20-44(21-33-51)59-55(40-10-4-1-5-11-40)57(61(63(59)73)46-24-36-53(69)37-25-46)42-16-28-49(29-17-42)65(66(70,71)72,48-14-8-3-9-15-48)50-30-18-43(19-31-50)58-56(41-12-6-2-7-13-41)60(45-22-34-52(68)35-23-45)64(74)62(58)47-26-38-54(75)39-27-47/h1-39H,75H2. The maximum absolute atomic E-state index is 16.9. The number of allylic oxidation sites excluding steroid dienone is 8. The van der Waals surface area contributed by atoms with Gasteiger partial charge in [0.1, 0.15) is 22.9 Å². The number of hydrogen-bond donors (Lipinski definition) is 0. The van der Waals surface area contributed by atoms with E-state index in [9.17, 15) is 18.0 Å². The normalized spacial score (nSPS) is 14.8. The van der Waals surface area contributed by atoms with Crippen LogP contribution < -0.4 is 5.30 Å². The molecular formula is C66H41F6O2P. The highest BCUT2D eigenvalue weighted by molar-refractivity contribution is 7.27. The largest absolute Gasteiger partial charge is 0.406 e. The van der Waals surface area contributed by atoms with Crippen LogP contribution in [0.15, 0.2) is 237 Å². The molecule has 0 N–H and O–H groups in total. The maximum Gasteiger partial charge on any atom is 0.406 e. The fourth-order valence-electron chi connectivity index (χ4n) is 10.6. The summed E-state index contributed by atoms with van der Waals surface area (Å²) in [5.74, 6) is -2.24. The number of alkyl halides is 3. The SMILES string of the molecule is O=C1C(c2ccc(F)cc2)=C(c2ccccc2)C(c2ccc(C(c3ccccc3)(c3ccc(C4=C(c5ccc(P)cc5)C(=O)C(c5ccc(F)cc5)=C4c4ccccc4)cc3)C(F)(F)F)cc2)=C1c1ccc(F)cc1. The Morgan fingerprint density at radius 1 is 0.267 bits per heavy atom. The summed E-state index contributed by atoms with van der Waals surface area (Å²) in [7, 11) is 2.63. The predicted molar refractivity (Wildman–Crippen MR) is 290 cm³/mol. The molecule has 0 heterocycles. The van der Waals surface area contributed by atoms with Gasteiger partial charge < -0.3 is 0 Å². The van der Waals surface area contributed by atoms with Crippen molar-refractivity contribution in [2.75, 3.05) is 0 Å². The summed E-state index contributed by atoms with van der Waals surface area (Å²) >= 11 is 0. The van der Waals surface area contributed by atoms with Crippen molar-refractivity contribution in [2.45, 2.75) is 11.6 Å². The molecule has 9 aromatic carbocycles. The molecule has 2 nitrogen and oxygen atoms in total. The van der Waals surface area contributed by atoms with Crippen LogP contribution in [0.2, 0.25) is 0 Å². The van der Waals surface area contributed by atoms with Crippen molar-refractivity contribution in [1.29, 1.82) is 0 Å². The van der Waals surface area contributed by atoms with Gasteiger partial charge in [0.25, 0.3) is 0 Å². The van der Waals surface area contributed by atoms with Crippen LogP contribution in [0, 0.1) is 17.5 Å². The van der Waals surface area contributed by atoms with Gasteiger partial charge in [-0.05, 0) is 103 Å². The zero-order chi connectivity index (χ0) is 52.0. The van der Waals surface area contributed by atoms with Gasteiger partial charge in [-0.15, -0.1) is 9.24 Å². The lowest BCUT2D eigenvalue weighted by Crippen LogP contribution is -2.44. The highest BCUT2D eigenvalue weighted by Gasteiger charge is 2.58. The molecule has 2 unspecified atom stereocenters. The van der Waals surface area contributed by atoms with E-state index in [-0.39, 0.29) is 33.6 Å². The van der Waals surface area contributed by atoms with E-state index in [1.165, 1.54) is 97.1 Å². The van der Waals surface area contributed by atoms with E-state index in [0.717, 1.165) is 5.30 Å². The summed E-state index contributed by atoms with van der Waals surface area (Å²) in [6.07, 6.45) is -4.96. The van der Waals surface area contributed by atoms with Crippen molar-refractivity contribution < 1.29 is 35.9 Å². The Balaban J connectivity index is 1.11. The van der Waals surface area contributed by atoms with Crippen molar-refractivity contribution in [3.05, 3.63) is 315 Å². The third kappa shape index (κ3) is 8.61. The molecule has 0 saturated heterocycles. The van der Waals surface area contributed by atoms with Crippen LogP contribution in [0.25, 0.3) is 44.6 Å². The molecule has 0 amide bonds. The van der Waals surface area contributed by atoms with Gasteiger partial charge in [-0.25, -0.2) is 13.2 Å². The van der Waals surface area contributed by atoms with Crippen LogP contribution in [-0.4, -0.2) is 17.7 Å². The molecule has 0 radical (unpaired) electrons. The molecule has 9 heteroatoms. The second-order valence-corrected chi connectivity index (χ2v) is 19.0. The van der Waals surface area contributed by atoms with Crippen molar-refractivity contribution in [1.82, 2.24) is 0 Å². The van der Waals surface area contributed by atoms with E-state index < -0.39 is 34.8 Å². The monoisotopic (exact) mass is 1010 g/mol. The summed E-state index contributed by atoms with van der Waals surface area (Å²) in [6, 6.07) is 62.2. The Morgan fingerprint density at radius 2 is 0.493 bits per heavy atom. The second-order valence-electron chi connectivity index (χ2n) is 18.3. The minimum Gasteiger partial charge on any atom is -0.289 e. The van der Waals surface area contributed by atoms with Gasteiger partial charge in [0.15, 0.2) is 11.6 Å². The van der Waals surface area contributed by atoms with Crippen molar-refractivity contribution in [3.63, 3.8) is 0 Å². The van der Waals surface area contributed by atoms with Crippen LogP contribution in [-0.2, 0) is 15.0 Å². The minimum absolute atomic E-state index is 0.0549. The number of carbonyl (C=O) groups excluding carboxylic acids is 2. The van der Waals surface area contributed by atoms with E-state index in [1.54, 1.807) is 66.7 Å². The van der Waals surface area contributed by atoms with Gasteiger partial charge >= 0.3 is 6.18 Å². The first-order chi connectivity index (χ1) is 36.3.